The lowest BCUT2D eigenvalue weighted by atomic mass is 9.83. The first-order chi connectivity index (χ1) is 17.9. The van der Waals surface area contributed by atoms with Crippen LogP contribution in [0.4, 0.5) is 13.2 Å². The highest BCUT2D eigenvalue weighted by atomic mass is 35.5. The monoisotopic (exact) mass is 589 g/mol. The molecule has 13 heteroatoms. The molecule has 206 valence electrons. The number of halogens is 4. The summed E-state index contributed by atoms with van der Waals surface area (Å²) in [4.78, 5) is 16.2. The number of alkyl halides is 3. The lowest BCUT2D eigenvalue weighted by Gasteiger charge is -2.36. The van der Waals surface area contributed by atoms with Crippen LogP contribution < -0.4 is 0 Å². The van der Waals surface area contributed by atoms with Gasteiger partial charge in [-0.15, -0.1) is 0 Å². The number of esters is 1. The molecule has 1 aliphatic rings. The maximum absolute atomic E-state index is 13.7. The molecule has 38 heavy (non-hydrogen) atoms. The zero-order valence-corrected chi connectivity index (χ0v) is 23.1. The van der Waals surface area contributed by atoms with Gasteiger partial charge in [0.1, 0.15) is 6.54 Å². The van der Waals surface area contributed by atoms with Gasteiger partial charge in [-0.2, -0.15) is 17.5 Å². The normalized spacial score (nSPS) is 19.5. The van der Waals surface area contributed by atoms with Gasteiger partial charge in [0.25, 0.3) is 0 Å². The Morgan fingerprint density at radius 1 is 1.24 bits per heavy atom. The number of carbonyl (C=O) groups is 1. The Hall–Kier alpha value is -2.41. The Kier molecular flexibility index (Phi) is 10.0. The molecule has 0 radical (unpaired) electrons. The number of aliphatic imine (C=N–C) groups is 1. The van der Waals surface area contributed by atoms with Crippen molar-refractivity contribution in [3.8, 4) is 0 Å². The van der Waals surface area contributed by atoms with Gasteiger partial charge in [-0.25, -0.2) is 8.42 Å². The van der Waals surface area contributed by atoms with E-state index in [1.807, 2.05) is 0 Å². The minimum atomic E-state index is -4.77. The fraction of sp³-hybridized carbons (Fsp3) is 0.400. The highest BCUT2D eigenvalue weighted by Crippen LogP contribution is 2.38. The van der Waals surface area contributed by atoms with Gasteiger partial charge in [-0.05, 0) is 68.7 Å². The number of nitrogens with zero attached hydrogens (tertiary/aromatic N) is 2. The summed E-state index contributed by atoms with van der Waals surface area (Å²) in [5.74, 6) is -1.27. The molecule has 2 aromatic rings. The van der Waals surface area contributed by atoms with E-state index < -0.39 is 44.6 Å². The average Bonchev–Trinajstić information content (AvgIpc) is 2.87. The van der Waals surface area contributed by atoms with E-state index in [9.17, 15) is 26.4 Å². The standard InChI is InChI=1S/C25H27ClF3N3O4S2/c1-3-36-24(33)15-31-22-5-4-6-23(21(22)14-30)32(2)38(34,35)20-12-16(25(27,28)29)11-19(13-20)37-18-9-7-17(26)8-10-18/h7-14,21,23,30H,3-6,15H2,1-2H3. The van der Waals surface area contributed by atoms with E-state index in [0.29, 0.717) is 41.0 Å². The third-order valence-electron chi connectivity index (χ3n) is 6.03. The molecule has 7 nitrogen and oxygen atoms in total. The number of rotatable bonds is 9. The Morgan fingerprint density at radius 3 is 2.53 bits per heavy atom. The molecule has 0 spiro atoms. The molecule has 1 saturated carbocycles. The maximum Gasteiger partial charge on any atom is 0.416 e. The third-order valence-corrected chi connectivity index (χ3v) is 9.12. The van der Waals surface area contributed by atoms with Crippen molar-refractivity contribution in [3.05, 3.63) is 53.1 Å². The quantitative estimate of drug-likeness (QED) is 0.288. The van der Waals surface area contributed by atoms with E-state index in [0.717, 1.165) is 28.3 Å². The second-order valence-electron chi connectivity index (χ2n) is 8.53. The van der Waals surface area contributed by atoms with E-state index >= 15 is 0 Å². The molecule has 0 aliphatic heterocycles. The van der Waals surface area contributed by atoms with Gasteiger partial charge in [-0.1, -0.05) is 23.4 Å². The molecule has 1 aliphatic carbocycles. The third kappa shape index (κ3) is 7.37. The fourth-order valence-electron chi connectivity index (χ4n) is 4.16. The number of hydrogen-bond donors (Lipinski definition) is 1. The van der Waals surface area contributed by atoms with Crippen molar-refractivity contribution >= 4 is 51.3 Å². The number of nitrogens with one attached hydrogen (secondary N) is 1. The van der Waals surface area contributed by atoms with Gasteiger partial charge in [-0.3, -0.25) is 9.79 Å². The van der Waals surface area contributed by atoms with Crippen molar-refractivity contribution in [2.24, 2.45) is 10.9 Å². The average molecular weight is 590 g/mol. The summed E-state index contributed by atoms with van der Waals surface area (Å²) < 4.78 is 74.3. The molecule has 0 heterocycles. The Morgan fingerprint density at radius 2 is 1.92 bits per heavy atom. The number of ether oxygens (including phenoxy) is 1. The molecule has 2 atom stereocenters. The molecule has 0 aromatic heterocycles. The van der Waals surface area contributed by atoms with Crippen molar-refractivity contribution in [1.82, 2.24) is 4.31 Å². The van der Waals surface area contributed by atoms with E-state index in [-0.39, 0.29) is 18.0 Å². The molecular weight excluding hydrogens is 563 g/mol. The predicted molar refractivity (Wildman–Crippen MR) is 141 cm³/mol. The highest BCUT2D eigenvalue weighted by molar-refractivity contribution is 7.99. The van der Waals surface area contributed by atoms with Crippen LogP contribution in [0.5, 0.6) is 0 Å². The minimum absolute atomic E-state index is 0.0954. The summed E-state index contributed by atoms with van der Waals surface area (Å²) in [7, 11) is -3.11. The Bertz CT molecular complexity index is 1300. The van der Waals surface area contributed by atoms with Crippen molar-refractivity contribution in [2.45, 2.75) is 53.1 Å². The lowest BCUT2D eigenvalue weighted by Crippen LogP contribution is -2.47. The largest absolute Gasteiger partial charge is 0.465 e. The van der Waals surface area contributed by atoms with Crippen LogP contribution in [0.25, 0.3) is 0 Å². The molecule has 2 unspecified atom stereocenters. The molecule has 1 fully saturated rings. The van der Waals surface area contributed by atoms with Gasteiger partial charge >= 0.3 is 12.1 Å². The van der Waals surface area contributed by atoms with Gasteiger partial charge < -0.3 is 10.1 Å². The number of carbonyl (C=O) groups excluding carboxylic acids is 1. The van der Waals surface area contributed by atoms with E-state index in [1.54, 1.807) is 31.2 Å². The molecule has 0 bridgehead atoms. The summed E-state index contributed by atoms with van der Waals surface area (Å²) in [5.41, 5.74) is -0.609. The van der Waals surface area contributed by atoms with Crippen molar-refractivity contribution in [2.75, 3.05) is 20.2 Å². The maximum atomic E-state index is 13.7. The molecule has 3 rings (SSSR count). The molecule has 1 N–H and O–H groups in total. The summed E-state index contributed by atoms with van der Waals surface area (Å²) in [6.45, 7) is 1.60. The fourth-order valence-corrected chi connectivity index (χ4v) is 6.75. The van der Waals surface area contributed by atoms with Crippen molar-refractivity contribution in [1.29, 1.82) is 5.41 Å². The first-order valence-electron chi connectivity index (χ1n) is 11.7. The van der Waals surface area contributed by atoms with Crippen LogP contribution in [0, 0.1) is 11.3 Å². The van der Waals surface area contributed by atoms with Crippen LogP contribution in [-0.2, 0) is 25.7 Å². The highest BCUT2D eigenvalue weighted by Gasteiger charge is 2.39. The number of hydrogen-bond acceptors (Lipinski definition) is 7. The first-order valence-corrected chi connectivity index (χ1v) is 14.3. The SMILES string of the molecule is CCOC(=O)CN=C1CCCC(N(C)S(=O)(=O)c2cc(Sc3ccc(Cl)cc3)cc(C(F)(F)F)c2)C1C=N. The van der Waals surface area contributed by atoms with Gasteiger partial charge in [0.2, 0.25) is 10.0 Å². The van der Waals surface area contributed by atoms with E-state index in [1.165, 1.54) is 13.1 Å². The summed E-state index contributed by atoms with van der Waals surface area (Å²) >= 11 is 6.87. The molecular formula is C25H27ClF3N3O4S2. The molecule has 0 amide bonds. The molecule has 2 aromatic carbocycles. The minimum Gasteiger partial charge on any atom is -0.465 e. The summed E-state index contributed by atoms with van der Waals surface area (Å²) in [5, 5.41) is 8.37. The van der Waals surface area contributed by atoms with E-state index in [4.69, 9.17) is 21.7 Å². The second kappa shape index (κ2) is 12.6. The van der Waals surface area contributed by atoms with Gasteiger partial charge in [0.15, 0.2) is 0 Å². The summed E-state index contributed by atoms with van der Waals surface area (Å²) in [6, 6.07) is 8.40. The van der Waals surface area contributed by atoms with Crippen LogP contribution in [0.1, 0.15) is 31.7 Å². The van der Waals surface area contributed by atoms with Crippen LogP contribution in [0.2, 0.25) is 5.02 Å². The second-order valence-corrected chi connectivity index (χ2v) is 12.1. The first kappa shape index (κ1) is 30.1. The topological polar surface area (TPSA) is 99.9 Å². The van der Waals surface area contributed by atoms with Crippen LogP contribution in [-0.4, -0.2) is 56.9 Å². The molecule has 0 saturated heterocycles. The summed E-state index contributed by atoms with van der Waals surface area (Å²) in [6.07, 6.45) is -2.33. The van der Waals surface area contributed by atoms with Crippen molar-refractivity contribution < 1.29 is 31.1 Å². The Labute approximate surface area is 229 Å². The zero-order valence-electron chi connectivity index (χ0n) is 20.7. The predicted octanol–water partition coefficient (Wildman–Crippen LogP) is 5.95. The Balaban J connectivity index is 1.96. The van der Waals surface area contributed by atoms with Crippen LogP contribution in [0.3, 0.4) is 0 Å². The number of sulfonamides is 1. The van der Waals surface area contributed by atoms with E-state index in [2.05, 4.69) is 4.99 Å². The van der Waals surface area contributed by atoms with Gasteiger partial charge in [0.05, 0.1) is 17.1 Å². The lowest BCUT2D eigenvalue weighted by molar-refractivity contribution is -0.141. The van der Waals surface area contributed by atoms with Crippen LogP contribution >= 0.6 is 23.4 Å². The zero-order chi connectivity index (χ0) is 28.1. The smallest absolute Gasteiger partial charge is 0.416 e. The number of benzene rings is 2. The van der Waals surface area contributed by atoms with Crippen molar-refractivity contribution in [3.63, 3.8) is 0 Å². The van der Waals surface area contributed by atoms with Crippen LogP contribution in [0.15, 0.2) is 62.1 Å². The van der Waals surface area contributed by atoms with Gasteiger partial charge in [0, 0.05) is 45.7 Å².